The van der Waals surface area contributed by atoms with Crippen molar-refractivity contribution >= 4 is 5.91 Å². The average Bonchev–Trinajstić information content (AvgIpc) is 2.99. The highest BCUT2D eigenvalue weighted by atomic mass is 16.5. The van der Waals surface area contributed by atoms with Gasteiger partial charge in [0, 0.05) is 13.2 Å². The Hall–Kier alpha value is -1.59. The van der Waals surface area contributed by atoms with Crippen molar-refractivity contribution in [3.05, 3.63) is 29.8 Å². The van der Waals surface area contributed by atoms with Gasteiger partial charge >= 0.3 is 0 Å². The molecular formula is C22H34N2O3. The molecule has 1 aromatic carbocycles. The van der Waals surface area contributed by atoms with Crippen molar-refractivity contribution < 1.29 is 14.3 Å². The Kier molecular flexibility index (Phi) is 7.96. The van der Waals surface area contributed by atoms with E-state index >= 15 is 0 Å². The Balaban J connectivity index is 1.62. The van der Waals surface area contributed by atoms with Crippen LogP contribution >= 0.6 is 0 Å². The number of hydrogen-bond donors (Lipinski definition) is 1. The van der Waals surface area contributed by atoms with E-state index in [1.165, 1.54) is 37.7 Å². The second-order valence-electron chi connectivity index (χ2n) is 7.74. The lowest BCUT2D eigenvalue weighted by Gasteiger charge is -2.31. The number of carbonyl (C=O) groups excluding carboxylic acids is 1. The van der Waals surface area contributed by atoms with Crippen LogP contribution in [-0.4, -0.2) is 50.3 Å². The third kappa shape index (κ3) is 6.22. The Morgan fingerprint density at radius 1 is 1.15 bits per heavy atom. The molecule has 0 aliphatic carbocycles. The lowest BCUT2D eigenvalue weighted by molar-refractivity contribution is -0.125. The van der Waals surface area contributed by atoms with Crippen LogP contribution in [0.4, 0.5) is 0 Å². The van der Waals surface area contributed by atoms with Crippen molar-refractivity contribution in [2.75, 3.05) is 33.4 Å². The highest BCUT2D eigenvalue weighted by molar-refractivity contribution is 5.76. The zero-order valence-electron chi connectivity index (χ0n) is 16.6. The minimum absolute atomic E-state index is 0.0939. The van der Waals surface area contributed by atoms with E-state index in [1.807, 2.05) is 12.1 Å². The van der Waals surface area contributed by atoms with E-state index < -0.39 is 0 Å². The summed E-state index contributed by atoms with van der Waals surface area (Å²) in [6.45, 7) is 3.63. The molecule has 0 saturated carbocycles. The predicted molar refractivity (Wildman–Crippen MR) is 107 cm³/mol. The van der Waals surface area contributed by atoms with Gasteiger partial charge in [0.1, 0.15) is 5.75 Å². The first-order valence-corrected chi connectivity index (χ1v) is 10.5. The smallest absolute Gasteiger partial charge is 0.222 e. The number of hydrogen-bond acceptors (Lipinski definition) is 4. The normalized spacial score (nSPS) is 22.6. The van der Waals surface area contributed by atoms with Crippen molar-refractivity contribution in [1.29, 1.82) is 0 Å². The second-order valence-corrected chi connectivity index (χ2v) is 7.74. The third-order valence-electron chi connectivity index (χ3n) is 5.76. The van der Waals surface area contributed by atoms with E-state index in [0.29, 0.717) is 13.0 Å². The molecule has 0 bridgehead atoms. The standard InChI is InChI=1S/C22H34N2O3/c1-26-19-11-9-18(10-12-19)21(24-13-5-2-3-6-14-24)17-23-22(25)16-20-8-4-7-15-27-20/h9-12,20-21H,2-8,13-17H2,1H3,(H,23,25). The molecule has 1 amide bonds. The zero-order valence-corrected chi connectivity index (χ0v) is 16.6. The van der Waals surface area contributed by atoms with Gasteiger partial charge in [-0.15, -0.1) is 0 Å². The van der Waals surface area contributed by atoms with E-state index in [2.05, 4.69) is 22.3 Å². The number of rotatable bonds is 7. The maximum atomic E-state index is 12.5. The molecule has 5 nitrogen and oxygen atoms in total. The second kappa shape index (κ2) is 10.7. The first kappa shape index (κ1) is 20.2. The summed E-state index contributed by atoms with van der Waals surface area (Å²) >= 11 is 0. The predicted octanol–water partition coefficient (Wildman–Crippen LogP) is 3.69. The molecule has 2 fully saturated rings. The number of methoxy groups -OCH3 is 1. The molecule has 0 spiro atoms. The number of carbonyl (C=O) groups is 1. The molecule has 2 heterocycles. The molecule has 3 rings (SSSR count). The van der Waals surface area contributed by atoms with Gasteiger partial charge in [0.2, 0.25) is 5.91 Å². The molecule has 2 aliphatic heterocycles. The van der Waals surface area contributed by atoms with Crippen LogP contribution in [0, 0.1) is 0 Å². The molecule has 2 aliphatic rings. The van der Waals surface area contributed by atoms with Crippen molar-refractivity contribution in [2.45, 2.75) is 63.5 Å². The summed E-state index contributed by atoms with van der Waals surface area (Å²) in [4.78, 5) is 15.0. The molecule has 1 aromatic rings. The van der Waals surface area contributed by atoms with Crippen molar-refractivity contribution in [3.8, 4) is 5.75 Å². The van der Waals surface area contributed by atoms with Gasteiger partial charge in [0.25, 0.3) is 0 Å². The van der Waals surface area contributed by atoms with Gasteiger partial charge in [-0.25, -0.2) is 0 Å². The lowest BCUT2D eigenvalue weighted by Crippen LogP contribution is -2.39. The number of ether oxygens (including phenoxy) is 2. The monoisotopic (exact) mass is 374 g/mol. The van der Waals surface area contributed by atoms with E-state index in [1.54, 1.807) is 7.11 Å². The Labute approximate surface area is 163 Å². The van der Waals surface area contributed by atoms with Crippen LogP contribution in [0.15, 0.2) is 24.3 Å². The summed E-state index contributed by atoms with van der Waals surface area (Å²) < 4.78 is 11.0. The fourth-order valence-corrected chi connectivity index (χ4v) is 4.15. The topological polar surface area (TPSA) is 50.8 Å². The molecule has 0 radical (unpaired) electrons. The average molecular weight is 375 g/mol. The van der Waals surface area contributed by atoms with Crippen molar-refractivity contribution in [3.63, 3.8) is 0 Å². The van der Waals surface area contributed by atoms with Crippen LogP contribution in [0.5, 0.6) is 5.75 Å². The van der Waals surface area contributed by atoms with Crippen LogP contribution in [0.2, 0.25) is 0 Å². The Morgan fingerprint density at radius 2 is 1.89 bits per heavy atom. The summed E-state index contributed by atoms with van der Waals surface area (Å²) in [5, 5.41) is 3.18. The molecular weight excluding hydrogens is 340 g/mol. The summed E-state index contributed by atoms with van der Waals surface area (Å²) in [6, 6.07) is 8.50. The van der Waals surface area contributed by atoms with Crippen molar-refractivity contribution in [2.24, 2.45) is 0 Å². The number of nitrogens with one attached hydrogen (secondary N) is 1. The van der Waals surface area contributed by atoms with Gasteiger partial charge in [0.05, 0.1) is 25.7 Å². The first-order valence-electron chi connectivity index (χ1n) is 10.5. The van der Waals surface area contributed by atoms with Gasteiger partial charge in [-0.05, 0) is 62.9 Å². The van der Waals surface area contributed by atoms with E-state index in [4.69, 9.17) is 9.47 Å². The fraction of sp³-hybridized carbons (Fsp3) is 0.682. The highest BCUT2D eigenvalue weighted by Gasteiger charge is 2.23. The summed E-state index contributed by atoms with van der Waals surface area (Å²) in [6.07, 6.45) is 8.93. The number of likely N-dealkylation sites (tertiary alicyclic amines) is 1. The largest absolute Gasteiger partial charge is 0.497 e. The van der Waals surface area contributed by atoms with Gasteiger partial charge < -0.3 is 14.8 Å². The minimum atomic E-state index is 0.0939. The molecule has 5 heteroatoms. The summed E-state index contributed by atoms with van der Waals surface area (Å²) in [5.41, 5.74) is 1.24. The Morgan fingerprint density at radius 3 is 2.52 bits per heavy atom. The zero-order chi connectivity index (χ0) is 18.9. The van der Waals surface area contributed by atoms with Crippen LogP contribution in [0.25, 0.3) is 0 Å². The van der Waals surface area contributed by atoms with Gasteiger partial charge in [-0.2, -0.15) is 0 Å². The van der Waals surface area contributed by atoms with Crippen LogP contribution in [0.3, 0.4) is 0 Å². The quantitative estimate of drug-likeness (QED) is 0.791. The molecule has 2 saturated heterocycles. The molecule has 150 valence electrons. The molecule has 2 atom stereocenters. The minimum Gasteiger partial charge on any atom is -0.497 e. The van der Waals surface area contributed by atoms with Gasteiger partial charge in [0.15, 0.2) is 0 Å². The SMILES string of the molecule is COc1ccc(C(CNC(=O)CC2CCCCO2)N2CCCCCC2)cc1. The maximum absolute atomic E-state index is 12.5. The molecule has 1 N–H and O–H groups in total. The number of nitrogens with zero attached hydrogens (tertiary/aromatic N) is 1. The van der Waals surface area contributed by atoms with Crippen molar-refractivity contribution in [1.82, 2.24) is 10.2 Å². The Bertz CT molecular complexity index is 561. The van der Waals surface area contributed by atoms with Crippen LogP contribution in [0.1, 0.15) is 63.0 Å². The highest BCUT2D eigenvalue weighted by Crippen LogP contribution is 2.26. The van der Waals surface area contributed by atoms with Gasteiger partial charge in [-0.3, -0.25) is 9.69 Å². The third-order valence-corrected chi connectivity index (χ3v) is 5.76. The summed E-state index contributed by atoms with van der Waals surface area (Å²) in [5.74, 6) is 0.974. The van der Waals surface area contributed by atoms with Crippen LogP contribution < -0.4 is 10.1 Å². The van der Waals surface area contributed by atoms with Crippen LogP contribution in [-0.2, 0) is 9.53 Å². The fourth-order valence-electron chi connectivity index (χ4n) is 4.15. The van der Waals surface area contributed by atoms with E-state index in [0.717, 1.165) is 38.3 Å². The van der Waals surface area contributed by atoms with E-state index in [9.17, 15) is 4.79 Å². The maximum Gasteiger partial charge on any atom is 0.222 e. The summed E-state index contributed by atoms with van der Waals surface area (Å²) in [7, 11) is 1.69. The molecule has 27 heavy (non-hydrogen) atoms. The lowest BCUT2D eigenvalue weighted by atomic mass is 10.0. The van der Waals surface area contributed by atoms with E-state index in [-0.39, 0.29) is 18.1 Å². The molecule has 0 aromatic heterocycles. The number of amides is 1. The first-order chi connectivity index (χ1) is 13.3. The number of benzene rings is 1. The molecule has 2 unspecified atom stereocenters. The van der Waals surface area contributed by atoms with Gasteiger partial charge in [-0.1, -0.05) is 25.0 Å².